The van der Waals surface area contributed by atoms with Crippen molar-refractivity contribution in [1.82, 2.24) is 0 Å². The van der Waals surface area contributed by atoms with Crippen LogP contribution in [-0.4, -0.2) is 18.0 Å². The minimum atomic E-state index is -0.906. The maximum absolute atomic E-state index is 10.3. The monoisotopic (exact) mass is 200 g/mol. The van der Waals surface area contributed by atoms with E-state index in [1.165, 1.54) is 0 Å². The second-order valence-electron chi connectivity index (χ2n) is 6.64. The normalized spacial score (nSPS) is 38.6. The first-order chi connectivity index (χ1) is 6.05. The van der Waals surface area contributed by atoms with Crippen LogP contribution in [0.4, 0.5) is 0 Å². The van der Waals surface area contributed by atoms with Crippen LogP contribution in [0.1, 0.15) is 41.5 Å². The van der Waals surface area contributed by atoms with Crippen LogP contribution in [0.5, 0.6) is 0 Å². The van der Waals surface area contributed by atoms with Crippen LogP contribution < -0.4 is 0 Å². The van der Waals surface area contributed by atoms with Crippen molar-refractivity contribution in [2.75, 3.05) is 7.11 Å². The number of methoxy groups -OCH3 is 1. The zero-order chi connectivity index (χ0) is 11.4. The fraction of sp³-hybridized carbons (Fsp3) is 1.00. The molecule has 0 bridgehead atoms. The molecule has 0 aromatic heterocycles. The van der Waals surface area contributed by atoms with E-state index in [2.05, 4.69) is 41.5 Å². The van der Waals surface area contributed by atoms with Crippen molar-refractivity contribution in [2.24, 2.45) is 22.7 Å². The van der Waals surface area contributed by atoms with Crippen molar-refractivity contribution in [2.45, 2.75) is 47.3 Å². The highest BCUT2D eigenvalue weighted by Crippen LogP contribution is 2.65. The lowest BCUT2D eigenvalue weighted by molar-refractivity contribution is -0.138. The minimum Gasteiger partial charge on any atom is -0.365 e. The van der Waals surface area contributed by atoms with Crippen LogP contribution in [-0.2, 0) is 4.74 Å². The van der Waals surface area contributed by atoms with Crippen LogP contribution >= 0.6 is 0 Å². The Morgan fingerprint density at radius 3 is 1.29 bits per heavy atom. The molecule has 0 unspecified atom stereocenters. The lowest BCUT2D eigenvalue weighted by Crippen LogP contribution is -2.23. The predicted molar refractivity (Wildman–Crippen MR) is 57.8 cm³/mol. The Hall–Kier alpha value is -0.0800. The summed E-state index contributed by atoms with van der Waals surface area (Å²) in [5.41, 5.74) is 0.200. The SMILES string of the molecule is COC1(O)[C@H](C(C)(C)C)[C@H]1C(C)(C)C. The Labute approximate surface area is 87.7 Å². The Balaban J connectivity index is 2.91. The molecule has 2 nitrogen and oxygen atoms in total. The largest absolute Gasteiger partial charge is 0.365 e. The summed E-state index contributed by atoms with van der Waals surface area (Å²) in [6, 6.07) is 0. The summed E-state index contributed by atoms with van der Waals surface area (Å²) in [6.45, 7) is 13.0. The molecule has 2 heteroatoms. The summed E-state index contributed by atoms with van der Waals surface area (Å²) in [6.07, 6.45) is 0. The van der Waals surface area contributed by atoms with E-state index in [0.717, 1.165) is 0 Å². The van der Waals surface area contributed by atoms with E-state index in [0.29, 0.717) is 0 Å². The van der Waals surface area contributed by atoms with E-state index in [4.69, 9.17) is 4.74 Å². The molecule has 1 rings (SSSR count). The average Bonchev–Trinajstić information content (AvgIpc) is 2.56. The van der Waals surface area contributed by atoms with Gasteiger partial charge in [0.25, 0.3) is 0 Å². The molecule has 84 valence electrons. The van der Waals surface area contributed by atoms with E-state index < -0.39 is 5.79 Å². The van der Waals surface area contributed by atoms with Gasteiger partial charge in [0.15, 0.2) is 5.79 Å². The van der Waals surface area contributed by atoms with Crippen LogP contribution in [0, 0.1) is 22.7 Å². The van der Waals surface area contributed by atoms with Crippen LogP contribution in [0.3, 0.4) is 0 Å². The van der Waals surface area contributed by atoms with Crippen LogP contribution in [0.25, 0.3) is 0 Å². The second-order valence-corrected chi connectivity index (χ2v) is 6.64. The van der Waals surface area contributed by atoms with Gasteiger partial charge < -0.3 is 9.84 Å². The quantitative estimate of drug-likeness (QED) is 0.659. The molecule has 0 aromatic rings. The summed E-state index contributed by atoms with van der Waals surface area (Å²) in [5.74, 6) is -0.434. The summed E-state index contributed by atoms with van der Waals surface area (Å²) in [4.78, 5) is 0. The number of aliphatic hydroxyl groups is 1. The molecule has 1 N–H and O–H groups in total. The molecule has 1 fully saturated rings. The van der Waals surface area contributed by atoms with E-state index in [-0.39, 0.29) is 22.7 Å². The number of rotatable bonds is 1. The molecule has 0 aromatic carbocycles. The summed E-state index contributed by atoms with van der Waals surface area (Å²) in [5, 5.41) is 10.3. The Morgan fingerprint density at radius 2 is 1.21 bits per heavy atom. The van der Waals surface area contributed by atoms with Gasteiger partial charge in [-0.3, -0.25) is 0 Å². The topological polar surface area (TPSA) is 29.5 Å². The second kappa shape index (κ2) is 2.96. The summed E-state index contributed by atoms with van der Waals surface area (Å²) in [7, 11) is 1.60. The molecule has 0 saturated heterocycles. The van der Waals surface area contributed by atoms with Crippen molar-refractivity contribution >= 4 is 0 Å². The molecule has 14 heavy (non-hydrogen) atoms. The molecular formula is C12H24O2. The van der Waals surface area contributed by atoms with Crippen LogP contribution in [0.15, 0.2) is 0 Å². The number of ether oxygens (including phenoxy) is 1. The van der Waals surface area contributed by atoms with E-state index in [1.807, 2.05) is 0 Å². The van der Waals surface area contributed by atoms with Crippen LogP contribution in [0.2, 0.25) is 0 Å². The zero-order valence-electron chi connectivity index (χ0n) is 10.5. The molecule has 1 aliphatic rings. The smallest absolute Gasteiger partial charge is 0.172 e. The molecular weight excluding hydrogens is 176 g/mol. The highest BCUT2D eigenvalue weighted by Gasteiger charge is 2.72. The third-order valence-electron chi connectivity index (χ3n) is 3.31. The highest BCUT2D eigenvalue weighted by molar-refractivity contribution is 5.14. The molecule has 0 aliphatic heterocycles. The lowest BCUT2D eigenvalue weighted by Gasteiger charge is -2.22. The maximum Gasteiger partial charge on any atom is 0.172 e. The fourth-order valence-electron chi connectivity index (χ4n) is 2.85. The van der Waals surface area contributed by atoms with Crippen molar-refractivity contribution in [3.8, 4) is 0 Å². The summed E-state index contributed by atoms with van der Waals surface area (Å²) >= 11 is 0. The van der Waals surface area contributed by atoms with Gasteiger partial charge in [0.05, 0.1) is 0 Å². The average molecular weight is 200 g/mol. The van der Waals surface area contributed by atoms with Gasteiger partial charge in [0, 0.05) is 18.9 Å². The van der Waals surface area contributed by atoms with Crippen molar-refractivity contribution in [1.29, 1.82) is 0 Å². The standard InChI is InChI=1S/C12H24O2/c1-10(2,3)8-9(11(4,5)6)12(8,13)14-7/h8-9,13H,1-7H3/t8-,9-/m0/s1. The van der Waals surface area contributed by atoms with Crippen molar-refractivity contribution in [3.05, 3.63) is 0 Å². The third-order valence-corrected chi connectivity index (χ3v) is 3.31. The van der Waals surface area contributed by atoms with Gasteiger partial charge in [-0.25, -0.2) is 0 Å². The van der Waals surface area contributed by atoms with E-state index in [9.17, 15) is 5.11 Å². The maximum atomic E-state index is 10.3. The van der Waals surface area contributed by atoms with Gasteiger partial charge in [0.1, 0.15) is 0 Å². The Morgan fingerprint density at radius 1 is 0.929 bits per heavy atom. The lowest BCUT2D eigenvalue weighted by atomic mass is 9.81. The minimum absolute atomic E-state index is 0.0999. The zero-order valence-corrected chi connectivity index (χ0v) is 10.5. The Kier molecular flexibility index (Phi) is 2.53. The molecule has 0 radical (unpaired) electrons. The van der Waals surface area contributed by atoms with Gasteiger partial charge in [-0.1, -0.05) is 41.5 Å². The number of hydrogen-bond acceptors (Lipinski definition) is 2. The molecule has 0 heterocycles. The van der Waals surface area contributed by atoms with Crippen molar-refractivity contribution in [3.63, 3.8) is 0 Å². The van der Waals surface area contributed by atoms with Gasteiger partial charge in [-0.15, -0.1) is 0 Å². The molecule has 2 atom stereocenters. The molecule has 0 spiro atoms. The van der Waals surface area contributed by atoms with Gasteiger partial charge in [-0.2, -0.15) is 0 Å². The van der Waals surface area contributed by atoms with Gasteiger partial charge >= 0.3 is 0 Å². The fourth-order valence-corrected chi connectivity index (χ4v) is 2.85. The highest BCUT2D eigenvalue weighted by atomic mass is 16.6. The first-order valence-electron chi connectivity index (χ1n) is 5.32. The summed E-state index contributed by atoms with van der Waals surface area (Å²) < 4.78 is 5.28. The third kappa shape index (κ3) is 1.70. The Bertz CT molecular complexity index is 199. The first-order valence-corrected chi connectivity index (χ1v) is 5.32. The van der Waals surface area contributed by atoms with Crippen molar-refractivity contribution < 1.29 is 9.84 Å². The first kappa shape index (κ1) is 12.0. The predicted octanol–water partition coefficient (Wildman–Crippen LogP) is 2.66. The molecule has 1 aliphatic carbocycles. The molecule has 0 amide bonds. The molecule has 1 saturated carbocycles. The van der Waals surface area contributed by atoms with Gasteiger partial charge in [0.2, 0.25) is 0 Å². The van der Waals surface area contributed by atoms with Gasteiger partial charge in [-0.05, 0) is 10.8 Å². The van der Waals surface area contributed by atoms with E-state index >= 15 is 0 Å². The van der Waals surface area contributed by atoms with E-state index in [1.54, 1.807) is 7.11 Å². The number of hydrogen-bond donors (Lipinski definition) is 1.